The van der Waals surface area contributed by atoms with E-state index in [1.54, 1.807) is 0 Å². The van der Waals surface area contributed by atoms with E-state index in [1.165, 1.54) is 50.0 Å². The normalized spacial score (nSPS) is 26.0. The van der Waals surface area contributed by atoms with Crippen LogP contribution in [-0.2, 0) is 13.6 Å². The minimum absolute atomic E-state index is 0.0576. The summed E-state index contributed by atoms with van der Waals surface area (Å²) in [4.78, 5) is 5.22. The van der Waals surface area contributed by atoms with Gasteiger partial charge in [0.15, 0.2) is 0 Å². The average Bonchev–Trinajstić information content (AvgIpc) is 3.33. The van der Waals surface area contributed by atoms with Gasteiger partial charge in [-0.3, -0.25) is 9.58 Å². The topological polar surface area (TPSA) is 44.5 Å². The largest absolute Gasteiger partial charge is 0.393 e. The molecule has 1 N–H and O–H groups in total. The Morgan fingerprint density at radius 1 is 1.04 bits per heavy atom. The Morgan fingerprint density at radius 2 is 1.74 bits per heavy atom. The van der Waals surface area contributed by atoms with Gasteiger partial charge >= 0.3 is 0 Å². The van der Waals surface area contributed by atoms with Crippen LogP contribution >= 0.6 is 0 Å². The van der Waals surface area contributed by atoms with Crippen molar-refractivity contribution in [2.75, 3.05) is 26.2 Å². The number of hydrogen-bond donors (Lipinski definition) is 1. The number of rotatable bonds is 4. The number of nitrogens with zero attached hydrogens (tertiary/aromatic N) is 4. The van der Waals surface area contributed by atoms with E-state index in [0.717, 1.165) is 44.4 Å². The fourth-order valence-corrected chi connectivity index (χ4v) is 4.43. The summed E-state index contributed by atoms with van der Waals surface area (Å²) in [6.07, 6.45) is 9.18. The van der Waals surface area contributed by atoms with E-state index < -0.39 is 0 Å². The predicted octanol–water partition coefficient (Wildman–Crippen LogP) is 1.72. The van der Waals surface area contributed by atoms with Crippen molar-refractivity contribution >= 4 is 0 Å². The molecule has 5 heteroatoms. The third-order valence-electron chi connectivity index (χ3n) is 5.99. The van der Waals surface area contributed by atoms with Crippen molar-refractivity contribution < 1.29 is 5.11 Å². The van der Waals surface area contributed by atoms with Crippen LogP contribution in [0.2, 0.25) is 0 Å². The van der Waals surface area contributed by atoms with Crippen molar-refractivity contribution in [3.63, 3.8) is 0 Å². The molecule has 3 fully saturated rings. The van der Waals surface area contributed by atoms with E-state index >= 15 is 0 Å². The quantitative estimate of drug-likeness (QED) is 0.918. The van der Waals surface area contributed by atoms with Crippen LogP contribution in [0, 0.1) is 0 Å². The summed E-state index contributed by atoms with van der Waals surface area (Å²) in [5.41, 5.74) is 2.94. The Bertz CT molecular complexity index is 523. The summed E-state index contributed by atoms with van der Waals surface area (Å²) in [6, 6.07) is 0.732. The van der Waals surface area contributed by atoms with Crippen molar-refractivity contribution in [3.05, 3.63) is 17.5 Å². The van der Waals surface area contributed by atoms with Gasteiger partial charge in [-0.05, 0) is 51.6 Å². The van der Waals surface area contributed by atoms with Crippen LogP contribution in [0.5, 0.6) is 0 Å². The summed E-state index contributed by atoms with van der Waals surface area (Å²) in [5, 5.41) is 14.2. The lowest BCUT2D eigenvalue weighted by Crippen LogP contribution is -2.48. The highest BCUT2D eigenvalue weighted by molar-refractivity contribution is 5.25. The number of aryl methyl sites for hydroxylation is 1. The van der Waals surface area contributed by atoms with Crippen LogP contribution in [0.4, 0.5) is 0 Å². The van der Waals surface area contributed by atoms with Gasteiger partial charge in [0, 0.05) is 49.9 Å². The van der Waals surface area contributed by atoms with Gasteiger partial charge in [-0.25, -0.2) is 0 Å². The Morgan fingerprint density at radius 3 is 2.39 bits per heavy atom. The molecular formula is C18H30N4O. The molecule has 3 aliphatic rings. The Kier molecular flexibility index (Phi) is 4.43. The lowest BCUT2D eigenvalue weighted by molar-refractivity contribution is 0.0375. The number of likely N-dealkylation sites (tertiary alicyclic amines) is 2. The maximum Gasteiger partial charge on any atom is 0.0564 e. The van der Waals surface area contributed by atoms with Gasteiger partial charge in [0.05, 0.1) is 12.3 Å². The van der Waals surface area contributed by atoms with E-state index in [4.69, 9.17) is 0 Å². The highest BCUT2D eigenvalue weighted by Gasteiger charge is 2.31. The Hall–Kier alpha value is -0.910. The van der Waals surface area contributed by atoms with E-state index in [2.05, 4.69) is 32.8 Å². The van der Waals surface area contributed by atoms with Gasteiger partial charge in [-0.1, -0.05) is 0 Å². The lowest BCUT2D eigenvalue weighted by atomic mass is 9.98. The number of piperidine rings is 2. The molecule has 0 radical (unpaired) electrons. The molecule has 128 valence electrons. The molecule has 23 heavy (non-hydrogen) atoms. The zero-order valence-corrected chi connectivity index (χ0v) is 14.3. The zero-order valence-electron chi connectivity index (χ0n) is 14.3. The smallest absolute Gasteiger partial charge is 0.0564 e. The molecule has 2 saturated heterocycles. The maximum absolute atomic E-state index is 9.67. The summed E-state index contributed by atoms with van der Waals surface area (Å²) >= 11 is 0. The second-order valence-electron chi connectivity index (χ2n) is 7.73. The molecule has 0 aromatic carbocycles. The molecule has 5 nitrogen and oxygen atoms in total. The van der Waals surface area contributed by atoms with Crippen molar-refractivity contribution in [3.8, 4) is 0 Å². The van der Waals surface area contributed by atoms with Crippen LogP contribution in [-0.4, -0.2) is 63.0 Å². The fraction of sp³-hybridized carbons (Fsp3) is 0.833. The summed E-state index contributed by atoms with van der Waals surface area (Å²) in [5.74, 6) is 0.773. The molecule has 1 aromatic rings. The summed E-state index contributed by atoms with van der Waals surface area (Å²) in [7, 11) is 2.09. The second kappa shape index (κ2) is 6.54. The highest BCUT2D eigenvalue weighted by atomic mass is 16.3. The molecule has 1 aromatic heterocycles. The zero-order chi connectivity index (χ0) is 15.8. The SMILES string of the molecule is Cn1ncc(CN2CCC(N3CCC(O)CC3)CC2)c1C1CC1. The van der Waals surface area contributed by atoms with E-state index in [-0.39, 0.29) is 6.10 Å². The van der Waals surface area contributed by atoms with Crippen LogP contribution < -0.4 is 0 Å². The third kappa shape index (κ3) is 3.47. The first kappa shape index (κ1) is 15.6. The fourth-order valence-electron chi connectivity index (χ4n) is 4.43. The summed E-state index contributed by atoms with van der Waals surface area (Å²) in [6.45, 7) is 5.64. The molecule has 3 heterocycles. The minimum Gasteiger partial charge on any atom is -0.393 e. The van der Waals surface area contributed by atoms with E-state index in [9.17, 15) is 5.11 Å². The standard InChI is InChI=1S/C18H30N4O/c1-20-18(14-2-3-14)15(12-19-20)13-21-8-4-16(5-9-21)22-10-6-17(23)7-11-22/h12,14,16-17,23H,2-11,13H2,1H3. The molecule has 0 unspecified atom stereocenters. The Labute approximate surface area is 139 Å². The van der Waals surface area contributed by atoms with Crippen molar-refractivity contribution in [2.24, 2.45) is 7.05 Å². The van der Waals surface area contributed by atoms with Gasteiger partial charge in [-0.15, -0.1) is 0 Å². The molecule has 4 rings (SSSR count). The van der Waals surface area contributed by atoms with Gasteiger partial charge in [-0.2, -0.15) is 5.10 Å². The van der Waals surface area contributed by atoms with Crippen LogP contribution in [0.25, 0.3) is 0 Å². The van der Waals surface area contributed by atoms with Crippen LogP contribution in [0.1, 0.15) is 55.7 Å². The van der Waals surface area contributed by atoms with Crippen LogP contribution in [0.15, 0.2) is 6.20 Å². The highest BCUT2D eigenvalue weighted by Crippen LogP contribution is 2.41. The second-order valence-corrected chi connectivity index (χ2v) is 7.73. The van der Waals surface area contributed by atoms with Gasteiger partial charge in [0.1, 0.15) is 0 Å². The lowest BCUT2D eigenvalue weighted by Gasteiger charge is -2.41. The molecule has 1 aliphatic carbocycles. The molecule has 0 bridgehead atoms. The molecule has 0 atom stereocenters. The van der Waals surface area contributed by atoms with Gasteiger partial charge in [0.25, 0.3) is 0 Å². The molecular weight excluding hydrogens is 288 g/mol. The van der Waals surface area contributed by atoms with Gasteiger partial charge in [0.2, 0.25) is 0 Å². The summed E-state index contributed by atoms with van der Waals surface area (Å²) < 4.78 is 2.10. The van der Waals surface area contributed by atoms with Gasteiger partial charge < -0.3 is 10.0 Å². The number of aliphatic hydroxyl groups is 1. The monoisotopic (exact) mass is 318 g/mol. The molecule has 2 aliphatic heterocycles. The number of hydrogen-bond acceptors (Lipinski definition) is 4. The van der Waals surface area contributed by atoms with Crippen LogP contribution in [0.3, 0.4) is 0 Å². The maximum atomic E-state index is 9.67. The number of aromatic nitrogens is 2. The Balaban J connectivity index is 1.30. The van der Waals surface area contributed by atoms with Crippen molar-refractivity contribution in [1.29, 1.82) is 0 Å². The first-order valence-corrected chi connectivity index (χ1v) is 9.36. The third-order valence-corrected chi connectivity index (χ3v) is 5.99. The molecule has 0 spiro atoms. The first-order valence-electron chi connectivity index (χ1n) is 9.36. The molecule has 1 saturated carbocycles. The number of aliphatic hydroxyl groups excluding tert-OH is 1. The van der Waals surface area contributed by atoms with E-state index in [1.807, 2.05) is 0 Å². The predicted molar refractivity (Wildman–Crippen MR) is 90.3 cm³/mol. The van der Waals surface area contributed by atoms with Crippen molar-refractivity contribution in [1.82, 2.24) is 19.6 Å². The molecule has 0 amide bonds. The van der Waals surface area contributed by atoms with Crippen molar-refractivity contribution in [2.45, 2.75) is 63.1 Å². The minimum atomic E-state index is -0.0576. The van der Waals surface area contributed by atoms with E-state index in [0.29, 0.717) is 0 Å². The average molecular weight is 318 g/mol. The first-order chi connectivity index (χ1) is 11.2.